The molecule has 2 N–H and O–H groups in total. The van der Waals surface area contributed by atoms with Crippen molar-refractivity contribution < 1.29 is 24.4 Å². The minimum Gasteiger partial charge on any atom is -0.478 e. The Balaban J connectivity index is 2.45. The molecule has 2 aromatic rings. The van der Waals surface area contributed by atoms with Gasteiger partial charge in [-0.2, -0.15) is 0 Å². The summed E-state index contributed by atoms with van der Waals surface area (Å²) >= 11 is 0. The molecule has 8 nitrogen and oxygen atoms in total. The zero-order valence-electron chi connectivity index (χ0n) is 13.1. The summed E-state index contributed by atoms with van der Waals surface area (Å²) in [5.41, 5.74) is 0.640. The summed E-state index contributed by atoms with van der Waals surface area (Å²) < 4.78 is 4.48. The number of hydrogen-bond donors (Lipinski definition) is 2. The van der Waals surface area contributed by atoms with E-state index in [1.807, 2.05) is 6.07 Å². The largest absolute Gasteiger partial charge is 0.478 e. The number of ether oxygens (including phenoxy) is 1. The minimum atomic E-state index is -1.39. The van der Waals surface area contributed by atoms with Crippen molar-refractivity contribution in [2.24, 2.45) is 0 Å². The third-order valence-electron chi connectivity index (χ3n) is 3.24. The molecule has 0 heterocycles. The van der Waals surface area contributed by atoms with E-state index in [1.54, 1.807) is 30.3 Å². The Labute approximate surface area is 142 Å². The van der Waals surface area contributed by atoms with Gasteiger partial charge in [0.15, 0.2) is 0 Å². The molecule has 25 heavy (non-hydrogen) atoms. The topological polar surface area (TPSA) is 119 Å². The maximum Gasteiger partial charge on any atom is 0.354 e. The first kappa shape index (κ1) is 17.7. The average molecular weight is 342 g/mol. The Morgan fingerprint density at radius 1 is 1.16 bits per heavy atom. The number of nitrogens with one attached hydrogen (secondary N) is 1. The Kier molecular flexibility index (Phi) is 5.47. The highest BCUT2D eigenvalue weighted by Gasteiger charge is 2.20. The van der Waals surface area contributed by atoms with Crippen molar-refractivity contribution in [3.63, 3.8) is 0 Å². The maximum absolute atomic E-state index is 11.6. The fourth-order valence-corrected chi connectivity index (χ4v) is 2.12. The molecule has 0 aromatic heterocycles. The molecular formula is C17H14N2O6. The molecule has 0 bridgehead atoms. The molecule has 0 aliphatic rings. The number of rotatable bonds is 6. The van der Waals surface area contributed by atoms with Crippen LogP contribution in [-0.4, -0.2) is 29.1 Å². The number of carbonyl (C=O) groups is 2. The van der Waals surface area contributed by atoms with E-state index in [0.717, 1.165) is 12.7 Å². The van der Waals surface area contributed by atoms with Gasteiger partial charge < -0.3 is 15.2 Å². The van der Waals surface area contributed by atoms with Crippen LogP contribution in [0.4, 0.5) is 11.4 Å². The lowest BCUT2D eigenvalue weighted by atomic mass is 10.0. The first-order valence-corrected chi connectivity index (χ1v) is 7.06. The van der Waals surface area contributed by atoms with Crippen molar-refractivity contribution in [2.75, 3.05) is 12.4 Å². The highest BCUT2D eigenvalue weighted by Crippen LogP contribution is 2.31. The number of nitrogens with zero attached hydrogens (tertiary/aromatic N) is 1. The molecular weight excluding hydrogens is 328 g/mol. The van der Waals surface area contributed by atoms with Crippen molar-refractivity contribution in [2.45, 2.75) is 0 Å². The van der Waals surface area contributed by atoms with Crippen LogP contribution >= 0.6 is 0 Å². The van der Waals surface area contributed by atoms with Crippen molar-refractivity contribution in [3.05, 3.63) is 70.4 Å². The number of nitro groups is 1. The van der Waals surface area contributed by atoms with E-state index in [2.05, 4.69) is 10.1 Å². The first-order chi connectivity index (χ1) is 11.9. The minimum absolute atomic E-state index is 0.0254. The smallest absolute Gasteiger partial charge is 0.354 e. The maximum atomic E-state index is 11.6. The van der Waals surface area contributed by atoms with Crippen LogP contribution in [0.15, 0.2) is 60.3 Å². The van der Waals surface area contributed by atoms with Gasteiger partial charge in [-0.05, 0) is 17.2 Å². The molecule has 8 heteroatoms. The van der Waals surface area contributed by atoms with Crippen LogP contribution in [0.2, 0.25) is 0 Å². The molecule has 2 aromatic carbocycles. The van der Waals surface area contributed by atoms with Crippen LogP contribution in [0.3, 0.4) is 0 Å². The lowest BCUT2D eigenvalue weighted by Gasteiger charge is -2.10. The number of anilines is 1. The number of hydrogen-bond acceptors (Lipinski definition) is 6. The molecule has 0 unspecified atom stereocenters. The van der Waals surface area contributed by atoms with Gasteiger partial charge in [-0.25, -0.2) is 9.59 Å². The Hall–Kier alpha value is -3.68. The summed E-state index contributed by atoms with van der Waals surface area (Å²) in [6.45, 7) is 0. The third kappa shape index (κ3) is 4.41. The first-order valence-electron chi connectivity index (χ1n) is 7.06. The Bertz CT molecular complexity index is 845. The van der Waals surface area contributed by atoms with E-state index >= 15 is 0 Å². The van der Waals surface area contributed by atoms with Crippen LogP contribution in [0.25, 0.3) is 11.1 Å². The van der Waals surface area contributed by atoms with E-state index < -0.39 is 22.6 Å². The standard InChI is InChI=1S/C17H14N2O6/c1-25-17(22)14(10-16(20)21)18-13-8-7-12(9-15(13)19(23)24)11-5-3-2-4-6-11/h2-10,18H,1H3,(H,20,21). The molecule has 128 valence electrons. The van der Waals surface area contributed by atoms with Gasteiger partial charge in [0.05, 0.1) is 18.1 Å². The van der Waals surface area contributed by atoms with Gasteiger partial charge in [0.25, 0.3) is 5.69 Å². The summed E-state index contributed by atoms with van der Waals surface area (Å²) in [6.07, 6.45) is 0.584. The number of carboxylic acid groups (broad SMARTS) is 1. The van der Waals surface area contributed by atoms with Gasteiger partial charge in [0, 0.05) is 6.07 Å². The van der Waals surface area contributed by atoms with Gasteiger partial charge in [-0.1, -0.05) is 36.4 Å². The zero-order valence-corrected chi connectivity index (χ0v) is 13.1. The number of aliphatic carboxylic acids is 1. The average Bonchev–Trinajstić information content (AvgIpc) is 2.61. The second-order valence-electron chi connectivity index (χ2n) is 4.87. The van der Waals surface area contributed by atoms with Gasteiger partial charge in [0.1, 0.15) is 11.4 Å². The van der Waals surface area contributed by atoms with Gasteiger partial charge in [-0.15, -0.1) is 0 Å². The number of nitro benzene ring substituents is 1. The van der Waals surface area contributed by atoms with Crippen molar-refractivity contribution >= 4 is 23.3 Å². The second kappa shape index (κ2) is 7.73. The van der Waals surface area contributed by atoms with E-state index in [-0.39, 0.29) is 11.4 Å². The van der Waals surface area contributed by atoms with E-state index in [4.69, 9.17) is 5.11 Å². The van der Waals surface area contributed by atoms with Gasteiger partial charge >= 0.3 is 11.9 Å². The Morgan fingerprint density at radius 3 is 2.40 bits per heavy atom. The van der Waals surface area contributed by atoms with E-state index in [0.29, 0.717) is 11.6 Å². The highest BCUT2D eigenvalue weighted by atomic mass is 16.6. The molecule has 0 saturated carbocycles. The number of esters is 1. The van der Waals surface area contributed by atoms with Crippen LogP contribution in [-0.2, 0) is 14.3 Å². The van der Waals surface area contributed by atoms with Gasteiger partial charge in [-0.3, -0.25) is 10.1 Å². The molecule has 0 saturated heterocycles. The van der Waals surface area contributed by atoms with Gasteiger partial charge in [0.2, 0.25) is 0 Å². The van der Waals surface area contributed by atoms with Crippen LogP contribution in [0.1, 0.15) is 0 Å². The predicted molar refractivity (Wildman–Crippen MR) is 89.9 cm³/mol. The van der Waals surface area contributed by atoms with Crippen LogP contribution in [0.5, 0.6) is 0 Å². The number of benzene rings is 2. The molecule has 0 amide bonds. The molecule has 0 radical (unpaired) electrons. The van der Waals surface area contributed by atoms with Crippen molar-refractivity contribution in [3.8, 4) is 11.1 Å². The molecule has 0 fully saturated rings. The summed E-state index contributed by atoms with van der Waals surface area (Å²) in [7, 11) is 1.08. The van der Waals surface area contributed by atoms with E-state index in [1.165, 1.54) is 12.1 Å². The molecule has 0 aliphatic heterocycles. The fraction of sp³-hybridized carbons (Fsp3) is 0.0588. The monoisotopic (exact) mass is 342 g/mol. The molecule has 0 spiro atoms. The summed E-state index contributed by atoms with van der Waals surface area (Å²) in [4.78, 5) is 33.2. The number of carboxylic acids is 1. The zero-order chi connectivity index (χ0) is 18.4. The summed E-state index contributed by atoms with van der Waals surface area (Å²) in [6, 6.07) is 13.4. The molecule has 0 aliphatic carbocycles. The molecule has 0 atom stereocenters. The lowest BCUT2D eigenvalue weighted by Crippen LogP contribution is -2.15. The SMILES string of the molecule is COC(=O)C(=CC(=O)O)Nc1ccc(-c2ccccc2)cc1[N+](=O)[O-]. The quantitative estimate of drug-likeness (QED) is 0.358. The summed E-state index contributed by atoms with van der Waals surface area (Å²) in [5, 5.41) is 22.6. The van der Waals surface area contributed by atoms with Crippen LogP contribution < -0.4 is 5.32 Å². The number of carbonyl (C=O) groups excluding carboxylic acids is 1. The lowest BCUT2D eigenvalue weighted by molar-refractivity contribution is -0.383. The fourth-order valence-electron chi connectivity index (χ4n) is 2.12. The van der Waals surface area contributed by atoms with E-state index in [9.17, 15) is 19.7 Å². The van der Waals surface area contributed by atoms with Crippen molar-refractivity contribution in [1.82, 2.24) is 0 Å². The van der Waals surface area contributed by atoms with Crippen molar-refractivity contribution in [1.29, 1.82) is 0 Å². The highest BCUT2D eigenvalue weighted by molar-refractivity contribution is 5.98. The number of methoxy groups -OCH3 is 1. The third-order valence-corrected chi connectivity index (χ3v) is 3.24. The molecule has 2 rings (SSSR count). The second-order valence-corrected chi connectivity index (χ2v) is 4.87. The summed E-state index contributed by atoms with van der Waals surface area (Å²) in [5.74, 6) is -2.35. The normalized spacial score (nSPS) is 10.8. The van der Waals surface area contributed by atoms with Crippen LogP contribution in [0, 0.1) is 10.1 Å². The predicted octanol–water partition coefficient (Wildman–Crippen LogP) is 2.82. The Morgan fingerprint density at radius 2 is 1.84 bits per heavy atom.